The fraction of sp³-hybridized carbons (Fsp3) is 0.381. The third-order valence-corrected chi connectivity index (χ3v) is 5.22. The van der Waals surface area contributed by atoms with Crippen LogP contribution in [0.3, 0.4) is 0 Å². The van der Waals surface area contributed by atoms with Crippen molar-refractivity contribution in [1.29, 1.82) is 0 Å². The van der Waals surface area contributed by atoms with Crippen molar-refractivity contribution in [3.63, 3.8) is 0 Å². The van der Waals surface area contributed by atoms with Crippen molar-refractivity contribution >= 4 is 35.6 Å². The molecular weight excluding hydrogens is 467 g/mol. The number of aromatic hydroxyl groups is 1. The zero-order valence-electron chi connectivity index (χ0n) is 16.0. The molecule has 2 aliphatic rings. The average molecular weight is 494 g/mol. The van der Waals surface area contributed by atoms with Crippen LogP contribution in [0.2, 0.25) is 0 Å². The first kappa shape index (κ1) is 20.6. The first-order valence-corrected chi connectivity index (χ1v) is 9.47. The number of hydrogen-bond acceptors (Lipinski definition) is 4. The highest BCUT2D eigenvalue weighted by Crippen LogP contribution is 2.28. The van der Waals surface area contributed by atoms with Gasteiger partial charge in [0.15, 0.2) is 5.96 Å². The number of piperazine rings is 1. The van der Waals surface area contributed by atoms with E-state index in [0.29, 0.717) is 5.75 Å². The maximum Gasteiger partial charge on any atom is 0.193 e. The number of nitrogens with one attached hydrogen (secondary N) is 1. The lowest BCUT2D eigenvalue weighted by molar-refractivity contribution is 0.232. The first-order valence-electron chi connectivity index (χ1n) is 9.47. The van der Waals surface area contributed by atoms with Gasteiger partial charge < -0.3 is 25.0 Å². The predicted octanol–water partition coefficient (Wildman–Crippen LogP) is 2.71. The molecule has 4 rings (SSSR count). The van der Waals surface area contributed by atoms with E-state index in [-0.39, 0.29) is 30.1 Å². The summed E-state index contributed by atoms with van der Waals surface area (Å²) in [4.78, 5) is 8.93. The minimum absolute atomic E-state index is 0. The lowest BCUT2D eigenvalue weighted by Gasteiger charge is -2.38. The van der Waals surface area contributed by atoms with Gasteiger partial charge in [-0.05, 0) is 23.8 Å². The minimum atomic E-state index is 0. The summed E-state index contributed by atoms with van der Waals surface area (Å²) in [5.74, 6) is 2.24. The Morgan fingerprint density at radius 2 is 1.82 bits per heavy atom. The van der Waals surface area contributed by atoms with Gasteiger partial charge in [-0.1, -0.05) is 30.3 Å². The highest BCUT2D eigenvalue weighted by molar-refractivity contribution is 14.0. The summed E-state index contributed by atoms with van der Waals surface area (Å²) in [7, 11) is 1.82. The molecule has 1 unspecified atom stereocenters. The second-order valence-electron chi connectivity index (χ2n) is 6.94. The number of phenols is 1. The van der Waals surface area contributed by atoms with Gasteiger partial charge in [-0.3, -0.25) is 4.99 Å². The summed E-state index contributed by atoms with van der Waals surface area (Å²) in [6.45, 7) is 4.16. The van der Waals surface area contributed by atoms with Gasteiger partial charge in [0.25, 0.3) is 0 Å². The summed E-state index contributed by atoms with van der Waals surface area (Å²) in [6, 6.07) is 15.7. The van der Waals surface area contributed by atoms with Crippen LogP contribution < -0.4 is 15.0 Å². The van der Waals surface area contributed by atoms with Crippen LogP contribution in [-0.2, 0) is 6.42 Å². The van der Waals surface area contributed by atoms with Crippen molar-refractivity contribution in [3.8, 4) is 11.5 Å². The van der Waals surface area contributed by atoms with Crippen LogP contribution >= 0.6 is 24.0 Å². The molecule has 28 heavy (non-hydrogen) atoms. The molecule has 2 heterocycles. The van der Waals surface area contributed by atoms with E-state index in [9.17, 15) is 5.11 Å². The summed E-state index contributed by atoms with van der Waals surface area (Å²) >= 11 is 0. The van der Waals surface area contributed by atoms with Crippen LogP contribution in [-0.4, -0.2) is 61.8 Å². The van der Waals surface area contributed by atoms with Crippen LogP contribution in [0.15, 0.2) is 53.5 Å². The van der Waals surface area contributed by atoms with Gasteiger partial charge in [0, 0.05) is 39.6 Å². The Kier molecular flexibility index (Phi) is 6.88. The van der Waals surface area contributed by atoms with E-state index in [4.69, 9.17) is 4.74 Å². The molecular formula is C21H27IN4O2. The molecule has 1 fully saturated rings. The molecule has 150 valence electrons. The lowest BCUT2D eigenvalue weighted by Crippen LogP contribution is -2.53. The molecule has 6 nitrogen and oxygen atoms in total. The van der Waals surface area contributed by atoms with Crippen LogP contribution in [0.4, 0.5) is 5.69 Å². The number of nitrogens with zero attached hydrogens (tertiary/aromatic N) is 3. The zero-order valence-corrected chi connectivity index (χ0v) is 18.4. The van der Waals surface area contributed by atoms with Gasteiger partial charge in [-0.15, -0.1) is 24.0 Å². The molecule has 0 bridgehead atoms. The molecule has 7 heteroatoms. The van der Waals surface area contributed by atoms with Crippen molar-refractivity contribution in [2.45, 2.75) is 12.5 Å². The third-order valence-electron chi connectivity index (χ3n) is 5.22. The van der Waals surface area contributed by atoms with Gasteiger partial charge in [0.1, 0.15) is 17.6 Å². The van der Waals surface area contributed by atoms with Gasteiger partial charge in [-0.25, -0.2) is 0 Å². The number of para-hydroxylation sites is 3. The Hall–Kier alpha value is -2.16. The van der Waals surface area contributed by atoms with Gasteiger partial charge in [-0.2, -0.15) is 0 Å². The largest absolute Gasteiger partial charge is 0.506 e. The van der Waals surface area contributed by atoms with Crippen LogP contribution in [0.1, 0.15) is 5.56 Å². The minimum Gasteiger partial charge on any atom is -0.506 e. The predicted molar refractivity (Wildman–Crippen MR) is 123 cm³/mol. The zero-order chi connectivity index (χ0) is 18.6. The average Bonchev–Trinajstić information content (AvgIpc) is 3.12. The summed E-state index contributed by atoms with van der Waals surface area (Å²) in [5.41, 5.74) is 2.17. The Morgan fingerprint density at radius 3 is 2.54 bits per heavy atom. The van der Waals surface area contributed by atoms with Crippen LogP contribution in [0.25, 0.3) is 0 Å². The molecule has 2 aliphatic heterocycles. The molecule has 0 amide bonds. The number of anilines is 1. The topological polar surface area (TPSA) is 60.3 Å². The number of guanidine groups is 1. The van der Waals surface area contributed by atoms with Gasteiger partial charge >= 0.3 is 0 Å². The van der Waals surface area contributed by atoms with Gasteiger partial charge in [0.05, 0.1) is 12.2 Å². The number of phenolic OH excluding ortho intramolecular Hbond substituents is 1. The Morgan fingerprint density at radius 1 is 1.11 bits per heavy atom. The molecule has 0 radical (unpaired) electrons. The van der Waals surface area contributed by atoms with E-state index in [1.54, 1.807) is 6.07 Å². The van der Waals surface area contributed by atoms with Crippen molar-refractivity contribution in [2.75, 3.05) is 44.7 Å². The van der Waals surface area contributed by atoms with E-state index in [2.05, 4.69) is 32.2 Å². The normalized spacial score (nSPS) is 18.9. The number of ether oxygens (including phenoxy) is 1. The Bertz CT molecular complexity index is 797. The summed E-state index contributed by atoms with van der Waals surface area (Å²) in [5, 5.41) is 13.5. The maximum absolute atomic E-state index is 10.1. The van der Waals surface area contributed by atoms with E-state index >= 15 is 0 Å². The van der Waals surface area contributed by atoms with Crippen molar-refractivity contribution in [1.82, 2.24) is 10.2 Å². The smallest absolute Gasteiger partial charge is 0.193 e. The summed E-state index contributed by atoms with van der Waals surface area (Å²) in [6.07, 6.45) is 1.07. The van der Waals surface area contributed by atoms with Gasteiger partial charge in [0.2, 0.25) is 0 Å². The van der Waals surface area contributed by atoms with Crippen LogP contribution in [0.5, 0.6) is 11.5 Å². The molecule has 0 saturated carbocycles. The maximum atomic E-state index is 10.1. The fourth-order valence-corrected chi connectivity index (χ4v) is 3.80. The Balaban J connectivity index is 0.00000225. The van der Waals surface area contributed by atoms with Crippen molar-refractivity contribution in [2.24, 2.45) is 4.99 Å². The van der Waals surface area contributed by atoms with Crippen molar-refractivity contribution in [3.05, 3.63) is 54.1 Å². The molecule has 1 atom stereocenters. The molecule has 0 spiro atoms. The molecule has 2 N–H and O–H groups in total. The van der Waals surface area contributed by atoms with Crippen molar-refractivity contribution < 1.29 is 9.84 Å². The highest BCUT2D eigenvalue weighted by atomic mass is 127. The molecule has 2 aromatic carbocycles. The fourth-order valence-electron chi connectivity index (χ4n) is 3.80. The summed E-state index contributed by atoms with van der Waals surface area (Å²) < 4.78 is 6.01. The van der Waals surface area contributed by atoms with E-state index in [0.717, 1.165) is 56.5 Å². The molecule has 2 aromatic rings. The second kappa shape index (κ2) is 9.36. The monoisotopic (exact) mass is 494 g/mol. The number of fused-ring (bicyclic) bond motifs is 1. The van der Waals surface area contributed by atoms with E-state index in [1.165, 1.54) is 5.56 Å². The molecule has 0 aliphatic carbocycles. The van der Waals surface area contributed by atoms with E-state index < -0.39 is 0 Å². The van der Waals surface area contributed by atoms with E-state index in [1.807, 2.05) is 37.4 Å². The lowest BCUT2D eigenvalue weighted by atomic mass is 10.1. The standard InChI is InChI=1S/C21H26N4O2.HI/c1-22-21(23-15-17-14-16-6-2-5-9-20(16)27-17)25-12-10-24(11-13-25)18-7-3-4-8-19(18)26;/h2-9,17,26H,10-15H2,1H3,(H,22,23);1H. The second-order valence-corrected chi connectivity index (χ2v) is 6.94. The molecule has 0 aromatic heterocycles. The first-order chi connectivity index (χ1) is 13.2. The number of halogens is 1. The SMILES string of the molecule is CN=C(NCC1Cc2ccccc2O1)N1CCN(c2ccccc2O)CC1.I. The Labute approximate surface area is 183 Å². The highest BCUT2D eigenvalue weighted by Gasteiger charge is 2.25. The third kappa shape index (κ3) is 4.45. The number of aliphatic imine (C=N–C) groups is 1. The number of rotatable bonds is 3. The number of benzene rings is 2. The molecule has 1 saturated heterocycles. The number of hydrogen-bond donors (Lipinski definition) is 2. The van der Waals surface area contributed by atoms with Crippen LogP contribution in [0, 0.1) is 0 Å². The quantitative estimate of drug-likeness (QED) is 0.391.